The number of hydrogen-bond donors (Lipinski definition) is 0. The van der Waals surface area contributed by atoms with E-state index in [0.29, 0.717) is 0 Å². The topological polar surface area (TPSA) is 64.8 Å². The van der Waals surface area contributed by atoms with Crippen molar-refractivity contribution in [2.75, 3.05) is 0 Å². The summed E-state index contributed by atoms with van der Waals surface area (Å²) in [5.74, 6) is 0. The van der Waals surface area contributed by atoms with Crippen molar-refractivity contribution in [3.63, 3.8) is 0 Å². The fourth-order valence-corrected chi connectivity index (χ4v) is 7.80. The second-order valence-corrected chi connectivity index (χ2v) is 17.2. The third kappa shape index (κ3) is 4.76. The summed E-state index contributed by atoms with van der Waals surface area (Å²) in [5, 5.41) is 8.47. The standard InChI is InChI=1S/C19H23N3O2SSeSi/c1-15-10-12-16(13-11-15)25(23,24)18-19(26-17-8-6-5-7-9-17)22(21-20-18)14-27(2,3)4/h5-13H,14H2,1-4H3. The Morgan fingerprint density at radius 2 is 1.63 bits per heavy atom. The Bertz CT molecular complexity index is 1030. The third-order valence-corrected chi connectivity index (χ3v) is 9.36. The molecule has 0 spiro atoms. The van der Waals surface area contributed by atoms with Crippen LogP contribution < -0.4 is 9.05 Å². The molecule has 3 rings (SSSR count). The molecule has 0 aliphatic rings. The van der Waals surface area contributed by atoms with E-state index >= 15 is 0 Å². The Kier molecular flexibility index (Phi) is 5.72. The molecule has 0 saturated carbocycles. The summed E-state index contributed by atoms with van der Waals surface area (Å²) < 4.78 is 30.1. The van der Waals surface area contributed by atoms with Crippen LogP contribution in [0.5, 0.6) is 0 Å². The van der Waals surface area contributed by atoms with Gasteiger partial charge in [-0.3, -0.25) is 0 Å². The van der Waals surface area contributed by atoms with Crippen LogP contribution in [0.3, 0.4) is 0 Å². The van der Waals surface area contributed by atoms with Gasteiger partial charge >= 0.3 is 168 Å². The number of hydrogen-bond acceptors (Lipinski definition) is 4. The van der Waals surface area contributed by atoms with Crippen molar-refractivity contribution in [1.29, 1.82) is 0 Å². The summed E-state index contributed by atoms with van der Waals surface area (Å²) in [6.07, 6.45) is 0.743. The van der Waals surface area contributed by atoms with E-state index < -0.39 is 17.9 Å². The number of sulfone groups is 1. The molecule has 0 bridgehead atoms. The van der Waals surface area contributed by atoms with Gasteiger partial charge in [0.15, 0.2) is 0 Å². The van der Waals surface area contributed by atoms with Gasteiger partial charge in [-0.2, -0.15) is 0 Å². The molecule has 0 unspecified atom stereocenters. The SMILES string of the molecule is Cc1ccc(S(=O)(=O)c2nnn(C[Si](C)(C)C)c2[Se]c2ccccc2)cc1. The van der Waals surface area contributed by atoms with E-state index in [1.807, 2.05) is 41.9 Å². The van der Waals surface area contributed by atoms with Crippen LogP contribution in [-0.2, 0) is 16.0 Å². The number of rotatable bonds is 6. The van der Waals surface area contributed by atoms with Gasteiger partial charge in [-0.15, -0.1) is 0 Å². The zero-order valence-corrected chi connectivity index (χ0v) is 19.4. The molecule has 0 atom stereocenters. The molecule has 0 amide bonds. The van der Waals surface area contributed by atoms with E-state index in [2.05, 4.69) is 30.0 Å². The fourth-order valence-electron chi connectivity index (χ4n) is 2.54. The Morgan fingerprint density at radius 3 is 2.22 bits per heavy atom. The minimum absolute atomic E-state index is 0.0912. The summed E-state index contributed by atoms with van der Waals surface area (Å²) in [6, 6.07) is 16.8. The minimum atomic E-state index is -3.70. The number of benzene rings is 2. The fraction of sp³-hybridized carbons (Fsp3) is 0.263. The molecule has 1 aromatic heterocycles. The molecule has 27 heavy (non-hydrogen) atoms. The molecule has 0 radical (unpaired) electrons. The average Bonchev–Trinajstić information content (AvgIpc) is 2.97. The molecule has 142 valence electrons. The van der Waals surface area contributed by atoms with Gasteiger partial charge in [-0.1, -0.05) is 0 Å². The average molecular weight is 465 g/mol. The van der Waals surface area contributed by atoms with E-state index in [4.69, 9.17) is 0 Å². The van der Waals surface area contributed by atoms with Crippen molar-refractivity contribution in [3.05, 3.63) is 60.2 Å². The zero-order chi connectivity index (χ0) is 19.7. The van der Waals surface area contributed by atoms with Crippen molar-refractivity contribution in [1.82, 2.24) is 15.0 Å². The monoisotopic (exact) mass is 465 g/mol. The quantitative estimate of drug-likeness (QED) is 0.523. The second kappa shape index (κ2) is 7.71. The number of aromatic nitrogens is 3. The Morgan fingerprint density at radius 1 is 1.00 bits per heavy atom. The Labute approximate surface area is 167 Å². The van der Waals surface area contributed by atoms with Crippen molar-refractivity contribution in [2.45, 2.75) is 42.7 Å². The van der Waals surface area contributed by atoms with Crippen molar-refractivity contribution in [3.8, 4) is 0 Å². The predicted octanol–water partition coefficient (Wildman–Crippen LogP) is 1.95. The molecule has 0 N–H and O–H groups in total. The van der Waals surface area contributed by atoms with Gasteiger partial charge in [-0.25, -0.2) is 0 Å². The van der Waals surface area contributed by atoms with Crippen LogP contribution in [0.25, 0.3) is 0 Å². The molecule has 8 heteroatoms. The Hall–Kier alpha value is -1.73. The first-order chi connectivity index (χ1) is 12.7. The first-order valence-electron chi connectivity index (χ1n) is 8.65. The van der Waals surface area contributed by atoms with Gasteiger partial charge in [0.25, 0.3) is 0 Å². The van der Waals surface area contributed by atoms with Crippen LogP contribution in [0, 0.1) is 6.92 Å². The maximum absolute atomic E-state index is 13.2. The van der Waals surface area contributed by atoms with Crippen molar-refractivity contribution < 1.29 is 8.42 Å². The summed E-state index contributed by atoms with van der Waals surface area (Å²) in [5.41, 5.74) is 1.02. The summed E-state index contributed by atoms with van der Waals surface area (Å²) in [6.45, 7) is 8.65. The molecular formula is C19H23N3O2SSeSi. The predicted molar refractivity (Wildman–Crippen MR) is 111 cm³/mol. The van der Waals surface area contributed by atoms with Crippen LogP contribution in [0.15, 0.2) is 64.5 Å². The van der Waals surface area contributed by atoms with Gasteiger partial charge in [0.2, 0.25) is 0 Å². The molecule has 3 aromatic rings. The van der Waals surface area contributed by atoms with Crippen LogP contribution in [0.2, 0.25) is 19.6 Å². The molecule has 0 fully saturated rings. The van der Waals surface area contributed by atoms with Crippen LogP contribution in [-0.4, -0.2) is 46.4 Å². The number of aryl methyl sites for hydroxylation is 1. The molecule has 5 nitrogen and oxygen atoms in total. The van der Waals surface area contributed by atoms with Gasteiger partial charge < -0.3 is 0 Å². The normalized spacial score (nSPS) is 12.3. The van der Waals surface area contributed by atoms with E-state index in [1.54, 1.807) is 24.3 Å². The van der Waals surface area contributed by atoms with Crippen LogP contribution >= 0.6 is 0 Å². The first kappa shape index (κ1) is 20.0. The van der Waals surface area contributed by atoms with Gasteiger partial charge in [-0.05, 0) is 0 Å². The van der Waals surface area contributed by atoms with E-state index in [0.717, 1.165) is 20.8 Å². The van der Waals surface area contributed by atoms with Gasteiger partial charge in [0.05, 0.1) is 0 Å². The van der Waals surface area contributed by atoms with E-state index in [-0.39, 0.29) is 24.9 Å². The summed E-state index contributed by atoms with van der Waals surface area (Å²) in [4.78, 5) is 0.262. The van der Waals surface area contributed by atoms with Crippen molar-refractivity contribution in [2.24, 2.45) is 0 Å². The summed E-state index contributed by atoms with van der Waals surface area (Å²) >= 11 is -0.197. The molecule has 0 aliphatic heterocycles. The summed E-state index contributed by atoms with van der Waals surface area (Å²) in [7, 11) is -5.21. The number of nitrogens with zero attached hydrogens (tertiary/aromatic N) is 3. The molecule has 1 heterocycles. The van der Waals surface area contributed by atoms with Crippen molar-refractivity contribution >= 4 is 41.9 Å². The van der Waals surface area contributed by atoms with Crippen LogP contribution in [0.4, 0.5) is 0 Å². The van der Waals surface area contributed by atoms with E-state index in [9.17, 15) is 8.42 Å². The maximum atomic E-state index is 13.2. The Balaban J connectivity index is 2.10. The molecule has 0 saturated heterocycles. The van der Waals surface area contributed by atoms with Crippen LogP contribution in [0.1, 0.15) is 5.56 Å². The third-order valence-electron chi connectivity index (χ3n) is 3.83. The van der Waals surface area contributed by atoms with E-state index in [1.165, 1.54) is 0 Å². The molecule has 0 aliphatic carbocycles. The van der Waals surface area contributed by atoms with Gasteiger partial charge in [0, 0.05) is 0 Å². The molecule has 2 aromatic carbocycles. The van der Waals surface area contributed by atoms with Gasteiger partial charge in [0.1, 0.15) is 0 Å². The first-order valence-corrected chi connectivity index (χ1v) is 15.6. The molecular weight excluding hydrogens is 441 g/mol. The second-order valence-electron chi connectivity index (χ2n) is 7.65. The zero-order valence-electron chi connectivity index (χ0n) is 15.9.